The third-order valence-electron chi connectivity index (χ3n) is 3.84. The molecule has 10 heteroatoms. The number of aryl methyl sites for hydroxylation is 2. The number of rotatable bonds is 7. The van der Waals surface area contributed by atoms with Gasteiger partial charge in [-0.15, -0.1) is 5.10 Å². The van der Waals surface area contributed by atoms with Crippen molar-refractivity contribution in [2.45, 2.75) is 12.8 Å². The van der Waals surface area contributed by atoms with Crippen molar-refractivity contribution in [1.82, 2.24) is 25.2 Å². The van der Waals surface area contributed by atoms with E-state index < -0.39 is 6.09 Å². The molecule has 0 unspecified atom stereocenters. The van der Waals surface area contributed by atoms with Crippen molar-refractivity contribution in [2.75, 3.05) is 11.9 Å². The molecule has 0 saturated carbocycles. The number of oxime groups is 1. The van der Waals surface area contributed by atoms with Gasteiger partial charge < -0.3 is 9.94 Å². The Morgan fingerprint density at radius 3 is 2.77 bits per heavy atom. The predicted octanol–water partition coefficient (Wildman–Crippen LogP) is 2.10. The smallest absolute Gasteiger partial charge is 0.410 e. The molecular weight excluding hydrogens is 386 g/mol. The maximum absolute atomic E-state index is 10.7. The van der Waals surface area contributed by atoms with Gasteiger partial charge in [0.1, 0.15) is 5.82 Å². The highest BCUT2D eigenvalue weighted by Crippen LogP contribution is 2.08. The number of tetrazole rings is 1. The summed E-state index contributed by atoms with van der Waals surface area (Å²) in [5.41, 5.74) is 2.08. The fraction of sp³-hybridized carbons (Fsp3) is 0.200. The van der Waals surface area contributed by atoms with Gasteiger partial charge in [-0.2, -0.15) is 0 Å². The molecule has 30 heavy (non-hydrogen) atoms. The van der Waals surface area contributed by atoms with Crippen molar-refractivity contribution in [3.63, 3.8) is 0 Å². The number of anilines is 1. The maximum Gasteiger partial charge on any atom is 0.410 e. The normalized spacial score (nSPS) is 10.8. The summed E-state index contributed by atoms with van der Waals surface area (Å²) in [4.78, 5) is 20.2. The molecule has 0 atom stereocenters. The number of carbonyl (C=O) groups is 1. The summed E-state index contributed by atoms with van der Waals surface area (Å²) in [5.74, 6) is 6.65. The predicted molar refractivity (Wildman–Crippen MR) is 109 cm³/mol. The molecule has 2 heterocycles. The van der Waals surface area contributed by atoms with Crippen LogP contribution in [0.3, 0.4) is 0 Å². The van der Waals surface area contributed by atoms with E-state index in [2.05, 4.69) is 42.8 Å². The van der Waals surface area contributed by atoms with E-state index in [1.165, 1.54) is 4.68 Å². The highest BCUT2D eigenvalue weighted by molar-refractivity contribution is 6.10. The molecular formula is C20H19N7O3. The maximum atomic E-state index is 10.7. The van der Waals surface area contributed by atoms with Crippen molar-refractivity contribution in [3.8, 4) is 11.8 Å². The first kappa shape index (κ1) is 20.5. The van der Waals surface area contributed by atoms with Crippen molar-refractivity contribution >= 4 is 17.6 Å². The van der Waals surface area contributed by atoms with E-state index in [0.29, 0.717) is 24.4 Å². The van der Waals surface area contributed by atoms with Crippen molar-refractivity contribution in [2.24, 2.45) is 12.2 Å². The number of benzene rings is 1. The van der Waals surface area contributed by atoms with E-state index in [0.717, 1.165) is 11.3 Å². The monoisotopic (exact) mass is 405 g/mol. The van der Waals surface area contributed by atoms with E-state index in [4.69, 9.17) is 9.94 Å². The molecule has 0 aliphatic heterocycles. The Hall–Kier alpha value is -4.26. The fourth-order valence-corrected chi connectivity index (χ4v) is 2.51. The lowest BCUT2D eigenvalue weighted by Crippen LogP contribution is -2.12. The van der Waals surface area contributed by atoms with E-state index >= 15 is 0 Å². The van der Waals surface area contributed by atoms with Crippen LogP contribution in [-0.2, 0) is 18.3 Å². The van der Waals surface area contributed by atoms with E-state index in [1.54, 1.807) is 19.2 Å². The van der Waals surface area contributed by atoms with Crippen LogP contribution in [0, 0.1) is 11.8 Å². The van der Waals surface area contributed by atoms with Gasteiger partial charge in [0.05, 0.1) is 0 Å². The summed E-state index contributed by atoms with van der Waals surface area (Å²) in [7, 11) is 1.72. The molecule has 0 radical (unpaired) electrons. The Morgan fingerprint density at radius 2 is 2.03 bits per heavy atom. The largest absolute Gasteiger partial charge is 0.465 e. The molecule has 1 amide bonds. The molecule has 0 saturated heterocycles. The minimum atomic E-state index is -1.15. The molecule has 2 aromatic heterocycles. The number of amides is 1. The van der Waals surface area contributed by atoms with E-state index in [1.807, 2.05) is 36.4 Å². The van der Waals surface area contributed by atoms with Crippen molar-refractivity contribution in [3.05, 3.63) is 65.6 Å². The highest BCUT2D eigenvalue weighted by atomic mass is 16.6. The SMILES string of the molecule is Cn1nnnc1/C(=N\OCC#CCCc1cccc(NC(=O)O)n1)c1ccccc1. The van der Waals surface area contributed by atoms with Crippen LogP contribution in [0.25, 0.3) is 0 Å². The summed E-state index contributed by atoms with van der Waals surface area (Å²) in [6, 6.07) is 14.6. The third kappa shape index (κ3) is 5.87. The Balaban J connectivity index is 1.56. The van der Waals surface area contributed by atoms with Crippen LogP contribution in [0.5, 0.6) is 0 Å². The Kier molecular flexibility index (Phi) is 7.05. The lowest BCUT2D eigenvalue weighted by atomic mass is 10.1. The molecule has 0 spiro atoms. The summed E-state index contributed by atoms with van der Waals surface area (Å²) in [5, 5.41) is 26.6. The quantitative estimate of drug-likeness (QED) is 0.267. The topological polar surface area (TPSA) is 127 Å². The van der Waals surface area contributed by atoms with Gasteiger partial charge in [-0.1, -0.05) is 53.4 Å². The van der Waals surface area contributed by atoms with E-state index in [-0.39, 0.29) is 12.4 Å². The van der Waals surface area contributed by atoms with Gasteiger partial charge in [0.15, 0.2) is 12.3 Å². The molecule has 0 bridgehead atoms. The minimum Gasteiger partial charge on any atom is -0.465 e. The first-order chi connectivity index (χ1) is 14.6. The molecule has 0 aliphatic rings. The third-order valence-corrected chi connectivity index (χ3v) is 3.84. The molecule has 0 aliphatic carbocycles. The number of pyridine rings is 1. The Morgan fingerprint density at radius 1 is 1.20 bits per heavy atom. The number of nitrogens with zero attached hydrogens (tertiary/aromatic N) is 6. The zero-order valence-electron chi connectivity index (χ0n) is 16.2. The molecule has 2 N–H and O–H groups in total. The molecule has 3 rings (SSSR count). The van der Waals surface area contributed by atoms with E-state index in [9.17, 15) is 4.79 Å². The van der Waals surface area contributed by atoms with Crippen LogP contribution < -0.4 is 5.32 Å². The molecule has 0 fully saturated rings. The van der Waals surface area contributed by atoms with Crippen LogP contribution in [0.4, 0.5) is 10.6 Å². The second-order valence-corrected chi connectivity index (χ2v) is 6.00. The zero-order valence-corrected chi connectivity index (χ0v) is 16.2. The second kappa shape index (κ2) is 10.3. The van der Waals surface area contributed by atoms with Gasteiger partial charge in [0.2, 0.25) is 5.82 Å². The van der Waals surface area contributed by atoms with Gasteiger partial charge in [0, 0.05) is 31.1 Å². The first-order valence-corrected chi connectivity index (χ1v) is 9.03. The van der Waals surface area contributed by atoms with Crippen LogP contribution in [0.2, 0.25) is 0 Å². The highest BCUT2D eigenvalue weighted by Gasteiger charge is 2.14. The average molecular weight is 405 g/mol. The molecule has 3 aromatic rings. The van der Waals surface area contributed by atoms with Gasteiger partial charge in [-0.05, 0) is 22.6 Å². The number of nitrogens with one attached hydrogen (secondary N) is 1. The van der Waals surface area contributed by atoms with Crippen LogP contribution in [0.1, 0.15) is 23.5 Å². The standard InChI is InChI=1S/C20H19N7O3/c1-27-19(23-25-26-27)18(15-9-4-2-5-10-15)24-30-14-7-3-6-11-16-12-8-13-17(21-16)22-20(28)29/h2,4-5,8-10,12-13H,6,11,14H2,1H3,(H,21,22)(H,28,29)/b24-18-. The fourth-order valence-electron chi connectivity index (χ4n) is 2.51. The zero-order chi connectivity index (χ0) is 21.2. The van der Waals surface area contributed by atoms with Gasteiger partial charge in [-0.3, -0.25) is 5.32 Å². The molecule has 1 aromatic carbocycles. The van der Waals surface area contributed by atoms with Gasteiger partial charge in [0.25, 0.3) is 0 Å². The minimum absolute atomic E-state index is 0.107. The molecule has 152 valence electrons. The lowest BCUT2D eigenvalue weighted by Gasteiger charge is -2.04. The second-order valence-electron chi connectivity index (χ2n) is 6.00. The summed E-state index contributed by atoms with van der Waals surface area (Å²) >= 11 is 0. The summed E-state index contributed by atoms with van der Waals surface area (Å²) in [6.45, 7) is 0.107. The van der Waals surface area contributed by atoms with Crippen LogP contribution >= 0.6 is 0 Å². The first-order valence-electron chi connectivity index (χ1n) is 9.03. The van der Waals surface area contributed by atoms with Crippen molar-refractivity contribution < 1.29 is 14.7 Å². The number of aromatic nitrogens is 5. The Labute approximate surface area is 172 Å². The number of carboxylic acid groups (broad SMARTS) is 1. The average Bonchev–Trinajstić information content (AvgIpc) is 3.16. The number of hydrogen-bond donors (Lipinski definition) is 2. The number of hydrogen-bond acceptors (Lipinski definition) is 7. The Bertz CT molecular complexity index is 1080. The van der Waals surface area contributed by atoms with Crippen molar-refractivity contribution in [1.29, 1.82) is 0 Å². The van der Waals surface area contributed by atoms with Gasteiger partial charge >= 0.3 is 6.09 Å². The van der Waals surface area contributed by atoms with Crippen LogP contribution in [0.15, 0.2) is 53.7 Å². The van der Waals surface area contributed by atoms with Crippen LogP contribution in [-0.4, -0.2) is 48.7 Å². The lowest BCUT2D eigenvalue weighted by molar-refractivity contribution is 0.180. The summed E-state index contributed by atoms with van der Waals surface area (Å²) < 4.78 is 1.52. The molecule has 10 nitrogen and oxygen atoms in total. The summed E-state index contributed by atoms with van der Waals surface area (Å²) in [6.07, 6.45) is -0.00945. The van der Waals surface area contributed by atoms with Gasteiger partial charge in [-0.25, -0.2) is 14.5 Å².